The van der Waals surface area contributed by atoms with Gasteiger partial charge in [-0.05, 0) is 24.6 Å². The van der Waals surface area contributed by atoms with Gasteiger partial charge in [-0.3, -0.25) is 4.68 Å². The molecule has 0 bridgehead atoms. The Morgan fingerprint density at radius 3 is 2.80 bits per heavy atom. The smallest absolute Gasteiger partial charge is 0.132 e. The van der Waals surface area contributed by atoms with Gasteiger partial charge in [0.15, 0.2) is 0 Å². The van der Waals surface area contributed by atoms with Crippen LogP contribution < -0.4 is 5.32 Å². The summed E-state index contributed by atoms with van der Waals surface area (Å²) >= 11 is 0. The van der Waals surface area contributed by atoms with Crippen LogP contribution in [0.5, 0.6) is 0 Å². The number of nitrogens with zero attached hydrogens (tertiary/aromatic N) is 3. The maximum atomic E-state index is 4.49. The maximum Gasteiger partial charge on any atom is 0.132 e. The van der Waals surface area contributed by atoms with Crippen LogP contribution in [0, 0.1) is 6.92 Å². The van der Waals surface area contributed by atoms with Crippen molar-refractivity contribution < 1.29 is 0 Å². The van der Waals surface area contributed by atoms with E-state index < -0.39 is 0 Å². The molecule has 0 radical (unpaired) electrons. The average molecular weight is 329 g/mol. The van der Waals surface area contributed by atoms with E-state index in [9.17, 15) is 0 Å². The van der Waals surface area contributed by atoms with E-state index in [4.69, 9.17) is 0 Å². The molecular weight excluding hydrogens is 310 g/mol. The van der Waals surface area contributed by atoms with Crippen molar-refractivity contribution in [2.24, 2.45) is 7.05 Å². The van der Waals surface area contributed by atoms with Crippen LogP contribution in [-0.4, -0.2) is 19.7 Å². The molecule has 5 nitrogen and oxygen atoms in total. The van der Waals surface area contributed by atoms with Crippen molar-refractivity contribution in [2.75, 3.05) is 5.32 Å². The maximum absolute atomic E-state index is 4.49. The number of rotatable bonds is 4. The Morgan fingerprint density at radius 1 is 1.20 bits per heavy atom. The Balaban J connectivity index is 1.66. The minimum atomic E-state index is 0.747. The summed E-state index contributed by atoms with van der Waals surface area (Å²) in [4.78, 5) is 7.98. The lowest BCUT2D eigenvalue weighted by Gasteiger charge is -2.09. The Hall–Kier alpha value is -3.34. The minimum absolute atomic E-state index is 0.747. The molecule has 25 heavy (non-hydrogen) atoms. The lowest BCUT2D eigenvalue weighted by Crippen LogP contribution is -2.04. The van der Waals surface area contributed by atoms with Gasteiger partial charge in [-0.15, -0.1) is 0 Å². The van der Waals surface area contributed by atoms with E-state index in [2.05, 4.69) is 64.2 Å². The second-order valence-corrected chi connectivity index (χ2v) is 6.10. The van der Waals surface area contributed by atoms with E-state index in [0.717, 1.165) is 33.8 Å². The summed E-state index contributed by atoms with van der Waals surface area (Å²) in [7, 11) is 1.89. The van der Waals surface area contributed by atoms with Crippen molar-refractivity contribution in [1.29, 1.82) is 0 Å². The van der Waals surface area contributed by atoms with Gasteiger partial charge in [-0.1, -0.05) is 30.8 Å². The van der Waals surface area contributed by atoms with E-state index in [1.54, 1.807) is 10.9 Å². The van der Waals surface area contributed by atoms with Crippen LogP contribution in [0.4, 0.5) is 5.82 Å². The number of benzene rings is 1. The quantitative estimate of drug-likeness (QED) is 0.585. The number of nitrogens with one attached hydrogen (secondary N) is 2. The van der Waals surface area contributed by atoms with Crippen LogP contribution in [0.3, 0.4) is 0 Å². The van der Waals surface area contributed by atoms with E-state index in [1.807, 2.05) is 25.4 Å². The number of hydrogen-bond acceptors (Lipinski definition) is 3. The topological polar surface area (TPSA) is 58.5 Å². The Kier molecular flexibility index (Phi) is 3.61. The fraction of sp³-hybridized carbons (Fsp3) is 0.100. The van der Waals surface area contributed by atoms with Crippen LogP contribution in [-0.2, 0) is 7.05 Å². The zero-order chi connectivity index (χ0) is 17.4. The van der Waals surface area contributed by atoms with Crippen LogP contribution in [0.1, 0.15) is 11.3 Å². The monoisotopic (exact) mass is 329 g/mol. The first-order valence-corrected chi connectivity index (χ1v) is 8.11. The van der Waals surface area contributed by atoms with Gasteiger partial charge in [0.05, 0.1) is 16.9 Å². The van der Waals surface area contributed by atoms with E-state index in [-0.39, 0.29) is 0 Å². The van der Waals surface area contributed by atoms with Gasteiger partial charge >= 0.3 is 0 Å². The Bertz CT molecular complexity index is 1070. The number of aryl methyl sites for hydroxylation is 2. The summed E-state index contributed by atoms with van der Waals surface area (Å²) in [6.45, 7) is 6.19. The molecule has 124 valence electrons. The van der Waals surface area contributed by atoms with E-state index >= 15 is 0 Å². The molecule has 2 N–H and O–H groups in total. The molecular formula is C20H19N5. The molecule has 0 aliphatic rings. The molecule has 4 aromatic rings. The third-order valence-corrected chi connectivity index (χ3v) is 4.35. The van der Waals surface area contributed by atoms with Crippen molar-refractivity contribution in [1.82, 2.24) is 19.7 Å². The number of aromatic amines is 1. The second-order valence-electron chi connectivity index (χ2n) is 6.10. The summed E-state index contributed by atoms with van der Waals surface area (Å²) in [6, 6.07) is 14.4. The molecule has 0 amide bonds. The fourth-order valence-electron chi connectivity index (χ4n) is 3.00. The predicted molar refractivity (Wildman–Crippen MR) is 102 cm³/mol. The lowest BCUT2D eigenvalue weighted by atomic mass is 10.1. The summed E-state index contributed by atoms with van der Waals surface area (Å²) in [5.74, 6) is 0.747. The molecule has 0 saturated heterocycles. The molecule has 3 heterocycles. The van der Waals surface area contributed by atoms with Crippen molar-refractivity contribution in [3.05, 3.63) is 72.7 Å². The molecule has 0 saturated carbocycles. The molecule has 4 rings (SSSR count). The molecule has 1 aromatic carbocycles. The second kappa shape index (κ2) is 5.94. The molecule has 0 unspecified atom stereocenters. The molecule has 3 aromatic heterocycles. The molecule has 5 heteroatoms. The van der Waals surface area contributed by atoms with Gasteiger partial charge in [0, 0.05) is 42.2 Å². The largest absolute Gasteiger partial charge is 0.354 e. The predicted octanol–water partition coefficient (Wildman–Crippen LogP) is 4.35. The highest BCUT2D eigenvalue weighted by molar-refractivity contribution is 5.88. The molecule has 0 spiro atoms. The van der Waals surface area contributed by atoms with Crippen LogP contribution >= 0.6 is 0 Å². The minimum Gasteiger partial charge on any atom is -0.354 e. The Labute approximate surface area is 146 Å². The van der Waals surface area contributed by atoms with Crippen molar-refractivity contribution >= 4 is 22.4 Å². The summed E-state index contributed by atoms with van der Waals surface area (Å²) in [5, 5.41) is 8.49. The zero-order valence-corrected chi connectivity index (χ0v) is 14.2. The van der Waals surface area contributed by atoms with Gasteiger partial charge in [-0.2, -0.15) is 5.10 Å². The van der Waals surface area contributed by atoms with Crippen LogP contribution in [0.2, 0.25) is 0 Å². The third kappa shape index (κ3) is 2.80. The van der Waals surface area contributed by atoms with Crippen molar-refractivity contribution in [2.45, 2.75) is 6.92 Å². The number of H-pyrrole nitrogens is 1. The van der Waals surface area contributed by atoms with Crippen LogP contribution in [0.25, 0.3) is 27.9 Å². The van der Waals surface area contributed by atoms with Crippen LogP contribution in [0.15, 0.2) is 61.4 Å². The number of anilines is 1. The molecule has 0 aliphatic heterocycles. The number of pyridine rings is 1. The average Bonchev–Trinajstić information content (AvgIpc) is 3.20. The van der Waals surface area contributed by atoms with E-state index in [1.165, 1.54) is 11.1 Å². The first-order chi connectivity index (χ1) is 12.1. The zero-order valence-electron chi connectivity index (χ0n) is 14.2. The first kappa shape index (κ1) is 15.2. The lowest BCUT2D eigenvalue weighted by molar-refractivity contribution is 0.756. The van der Waals surface area contributed by atoms with Gasteiger partial charge in [-0.25, -0.2) is 4.98 Å². The third-order valence-electron chi connectivity index (χ3n) is 4.35. The van der Waals surface area contributed by atoms with Gasteiger partial charge < -0.3 is 10.3 Å². The molecule has 0 atom stereocenters. The van der Waals surface area contributed by atoms with E-state index in [0.29, 0.717) is 0 Å². The van der Waals surface area contributed by atoms with Crippen molar-refractivity contribution in [3.63, 3.8) is 0 Å². The highest BCUT2D eigenvalue weighted by Crippen LogP contribution is 2.27. The highest BCUT2D eigenvalue weighted by Gasteiger charge is 2.09. The number of fused-ring (bicyclic) bond motifs is 1. The molecule has 0 aliphatic carbocycles. The highest BCUT2D eigenvalue weighted by atomic mass is 15.3. The summed E-state index contributed by atoms with van der Waals surface area (Å²) < 4.78 is 1.78. The standard InChI is InChI=1S/C20H19N5/c1-13-6-4-5-7-16(13)18-10-15-12-21-20(11-17(15)24-18)23-14(2)19-8-9-22-25(19)3/h4-12,24H,2H2,1,3H3,(H,21,23). The number of aromatic nitrogens is 4. The SMILES string of the molecule is C=C(Nc1cc2[nH]c(-c3ccccc3C)cc2cn1)c1ccnn1C. The summed E-state index contributed by atoms with van der Waals surface area (Å²) in [6.07, 6.45) is 3.62. The number of hydrogen-bond donors (Lipinski definition) is 2. The normalized spacial score (nSPS) is 11.0. The fourth-order valence-corrected chi connectivity index (χ4v) is 3.00. The van der Waals surface area contributed by atoms with Gasteiger partial charge in [0.1, 0.15) is 5.82 Å². The summed E-state index contributed by atoms with van der Waals surface area (Å²) in [5.41, 5.74) is 6.26. The molecule has 0 fully saturated rings. The van der Waals surface area contributed by atoms with Gasteiger partial charge in [0.25, 0.3) is 0 Å². The Morgan fingerprint density at radius 2 is 2.04 bits per heavy atom. The first-order valence-electron chi connectivity index (χ1n) is 8.11. The van der Waals surface area contributed by atoms with Gasteiger partial charge in [0.2, 0.25) is 0 Å². The van der Waals surface area contributed by atoms with Crippen molar-refractivity contribution in [3.8, 4) is 11.3 Å².